The molecule has 0 aliphatic rings. The Hall–Kier alpha value is -1.35. The van der Waals surface area contributed by atoms with Gasteiger partial charge in [0.1, 0.15) is 0 Å². The van der Waals surface area contributed by atoms with Crippen molar-refractivity contribution >= 4 is 6.47 Å². The molecule has 1 unspecified atom stereocenters. The summed E-state index contributed by atoms with van der Waals surface area (Å²) in [5.74, 6) is 0. The predicted octanol–water partition coefficient (Wildman–Crippen LogP) is 2.28. The molecule has 0 saturated heterocycles. The van der Waals surface area contributed by atoms with E-state index in [9.17, 15) is 4.79 Å². The summed E-state index contributed by atoms with van der Waals surface area (Å²) < 4.78 is 10.3. The third-order valence-electron chi connectivity index (χ3n) is 1.65. The van der Waals surface area contributed by atoms with E-state index < -0.39 is 6.29 Å². The van der Waals surface area contributed by atoms with Crippen LogP contribution in [0.4, 0.5) is 0 Å². The fraction of sp³-hybridized carbons (Fsp3) is 0.364. The molecular weight excluding hydrogens is 180 g/mol. The predicted molar refractivity (Wildman–Crippen MR) is 52.6 cm³/mol. The third-order valence-corrected chi connectivity index (χ3v) is 1.65. The molecule has 3 heteroatoms. The Morgan fingerprint density at radius 3 is 2.36 bits per heavy atom. The zero-order valence-corrected chi connectivity index (χ0v) is 8.34. The van der Waals surface area contributed by atoms with Crippen LogP contribution in [0.3, 0.4) is 0 Å². The molecule has 1 atom stereocenters. The summed E-state index contributed by atoms with van der Waals surface area (Å²) in [6, 6.07) is 9.37. The molecule has 14 heavy (non-hydrogen) atoms. The smallest absolute Gasteiger partial charge is 0.295 e. The molecule has 0 aliphatic carbocycles. The van der Waals surface area contributed by atoms with Crippen molar-refractivity contribution in [1.29, 1.82) is 0 Å². The first kappa shape index (κ1) is 10.7. The number of rotatable bonds is 5. The largest absolute Gasteiger partial charge is 0.433 e. The molecule has 1 aromatic carbocycles. The highest BCUT2D eigenvalue weighted by atomic mass is 16.7. The van der Waals surface area contributed by atoms with Crippen molar-refractivity contribution in [2.24, 2.45) is 0 Å². The molecule has 0 radical (unpaired) electrons. The first-order valence-electron chi connectivity index (χ1n) is 4.53. The number of carbonyl (C=O) groups excluding carboxylic acids is 1. The Bertz CT molecular complexity index is 269. The summed E-state index contributed by atoms with van der Waals surface area (Å²) >= 11 is 0. The molecule has 0 bridgehead atoms. The van der Waals surface area contributed by atoms with E-state index in [-0.39, 0.29) is 6.10 Å². The van der Waals surface area contributed by atoms with Crippen LogP contribution < -0.4 is 0 Å². The SMILES string of the molecule is CC(C)OC(OC=O)c1ccccc1. The zero-order valence-electron chi connectivity index (χ0n) is 8.34. The summed E-state index contributed by atoms with van der Waals surface area (Å²) in [5, 5.41) is 0. The Morgan fingerprint density at radius 1 is 1.21 bits per heavy atom. The second-order valence-corrected chi connectivity index (χ2v) is 3.16. The van der Waals surface area contributed by atoms with Crippen LogP contribution >= 0.6 is 0 Å². The van der Waals surface area contributed by atoms with Crippen LogP contribution in [-0.2, 0) is 14.3 Å². The van der Waals surface area contributed by atoms with Crippen molar-refractivity contribution in [2.45, 2.75) is 26.2 Å². The minimum atomic E-state index is -0.603. The standard InChI is InChI=1S/C11H14O3/c1-9(2)14-11(13-8-12)10-6-4-3-5-7-10/h3-9,11H,1-2H3. The van der Waals surface area contributed by atoms with Crippen LogP contribution in [0.5, 0.6) is 0 Å². The molecule has 0 amide bonds. The van der Waals surface area contributed by atoms with Crippen molar-refractivity contribution in [1.82, 2.24) is 0 Å². The second kappa shape index (κ2) is 5.40. The average molecular weight is 194 g/mol. The minimum absolute atomic E-state index is 0.0140. The second-order valence-electron chi connectivity index (χ2n) is 3.16. The number of ether oxygens (including phenoxy) is 2. The Kier molecular flexibility index (Phi) is 4.13. The maximum Gasteiger partial charge on any atom is 0.295 e. The Balaban J connectivity index is 2.72. The molecule has 3 nitrogen and oxygen atoms in total. The van der Waals surface area contributed by atoms with Crippen molar-refractivity contribution < 1.29 is 14.3 Å². The van der Waals surface area contributed by atoms with E-state index in [1.807, 2.05) is 44.2 Å². The molecule has 1 aromatic rings. The van der Waals surface area contributed by atoms with Gasteiger partial charge < -0.3 is 9.47 Å². The lowest BCUT2D eigenvalue weighted by molar-refractivity contribution is -0.175. The van der Waals surface area contributed by atoms with E-state index >= 15 is 0 Å². The number of benzene rings is 1. The third kappa shape index (κ3) is 3.18. The van der Waals surface area contributed by atoms with Crippen LogP contribution in [0.15, 0.2) is 30.3 Å². The van der Waals surface area contributed by atoms with Gasteiger partial charge in [-0.2, -0.15) is 0 Å². The van der Waals surface area contributed by atoms with Crippen LogP contribution in [0.1, 0.15) is 25.7 Å². The van der Waals surface area contributed by atoms with Gasteiger partial charge in [-0.05, 0) is 13.8 Å². The highest BCUT2D eigenvalue weighted by Gasteiger charge is 2.13. The van der Waals surface area contributed by atoms with E-state index in [1.54, 1.807) is 0 Å². The number of hydrogen-bond donors (Lipinski definition) is 0. The van der Waals surface area contributed by atoms with Crippen LogP contribution in [0.2, 0.25) is 0 Å². The summed E-state index contributed by atoms with van der Waals surface area (Å²) in [7, 11) is 0. The molecule has 0 spiro atoms. The monoisotopic (exact) mass is 194 g/mol. The van der Waals surface area contributed by atoms with E-state index in [0.29, 0.717) is 6.47 Å². The molecule has 0 N–H and O–H groups in total. The quantitative estimate of drug-likeness (QED) is 0.533. The normalized spacial score (nSPS) is 12.5. The van der Waals surface area contributed by atoms with Gasteiger partial charge in [0.2, 0.25) is 6.29 Å². The molecule has 0 aromatic heterocycles. The fourth-order valence-corrected chi connectivity index (χ4v) is 1.10. The Labute approximate surface area is 83.6 Å². The maximum atomic E-state index is 10.3. The van der Waals surface area contributed by atoms with Crippen molar-refractivity contribution in [3.63, 3.8) is 0 Å². The van der Waals surface area contributed by atoms with Gasteiger partial charge in [-0.15, -0.1) is 0 Å². The van der Waals surface area contributed by atoms with Gasteiger partial charge in [-0.3, -0.25) is 4.79 Å². The van der Waals surface area contributed by atoms with Crippen molar-refractivity contribution in [2.75, 3.05) is 0 Å². The van der Waals surface area contributed by atoms with E-state index in [0.717, 1.165) is 5.56 Å². The maximum absolute atomic E-state index is 10.3. The van der Waals surface area contributed by atoms with E-state index in [4.69, 9.17) is 9.47 Å². The molecule has 0 saturated carbocycles. The van der Waals surface area contributed by atoms with Gasteiger partial charge in [0, 0.05) is 5.56 Å². The molecule has 76 valence electrons. The van der Waals surface area contributed by atoms with Crippen LogP contribution in [0, 0.1) is 0 Å². The number of hydrogen-bond acceptors (Lipinski definition) is 3. The van der Waals surface area contributed by atoms with Crippen molar-refractivity contribution in [3.05, 3.63) is 35.9 Å². The van der Waals surface area contributed by atoms with Crippen LogP contribution in [-0.4, -0.2) is 12.6 Å². The van der Waals surface area contributed by atoms with Gasteiger partial charge in [-0.1, -0.05) is 30.3 Å². The lowest BCUT2D eigenvalue weighted by atomic mass is 10.2. The summed E-state index contributed by atoms with van der Waals surface area (Å²) in [6.45, 7) is 4.19. The Morgan fingerprint density at radius 2 is 1.86 bits per heavy atom. The van der Waals surface area contributed by atoms with Gasteiger partial charge >= 0.3 is 0 Å². The molecule has 0 aliphatic heterocycles. The van der Waals surface area contributed by atoms with E-state index in [2.05, 4.69) is 0 Å². The highest BCUT2D eigenvalue weighted by Crippen LogP contribution is 2.19. The summed E-state index contributed by atoms with van der Waals surface area (Å²) in [5.41, 5.74) is 0.841. The average Bonchev–Trinajstić information content (AvgIpc) is 2.18. The summed E-state index contributed by atoms with van der Waals surface area (Å²) in [6.07, 6.45) is -0.589. The highest BCUT2D eigenvalue weighted by molar-refractivity contribution is 5.38. The lowest BCUT2D eigenvalue weighted by Crippen LogP contribution is -2.13. The summed E-state index contributed by atoms with van der Waals surface area (Å²) in [4.78, 5) is 10.3. The molecule has 0 fully saturated rings. The van der Waals surface area contributed by atoms with Crippen LogP contribution in [0.25, 0.3) is 0 Å². The van der Waals surface area contributed by atoms with Gasteiger partial charge in [0.15, 0.2) is 0 Å². The zero-order chi connectivity index (χ0) is 10.4. The first-order chi connectivity index (χ1) is 6.74. The first-order valence-corrected chi connectivity index (χ1v) is 4.53. The van der Waals surface area contributed by atoms with E-state index in [1.165, 1.54) is 0 Å². The van der Waals surface area contributed by atoms with Gasteiger partial charge in [0.25, 0.3) is 6.47 Å². The molecule has 1 rings (SSSR count). The molecular formula is C11H14O3. The minimum Gasteiger partial charge on any atom is -0.433 e. The molecule has 0 heterocycles. The van der Waals surface area contributed by atoms with Gasteiger partial charge in [-0.25, -0.2) is 0 Å². The lowest BCUT2D eigenvalue weighted by Gasteiger charge is -2.18. The van der Waals surface area contributed by atoms with Gasteiger partial charge in [0.05, 0.1) is 6.10 Å². The fourth-order valence-electron chi connectivity index (χ4n) is 1.10. The number of carbonyl (C=O) groups is 1. The van der Waals surface area contributed by atoms with Crippen molar-refractivity contribution in [3.8, 4) is 0 Å². The topological polar surface area (TPSA) is 35.5 Å².